The first-order valence-electron chi connectivity index (χ1n) is 10.7. The molecule has 1 N–H and O–H groups in total. The van der Waals surface area contributed by atoms with E-state index in [0.29, 0.717) is 19.8 Å². The number of halogens is 1. The van der Waals surface area contributed by atoms with Crippen LogP contribution < -0.4 is 14.8 Å². The van der Waals surface area contributed by atoms with Gasteiger partial charge < -0.3 is 14.8 Å². The maximum atomic E-state index is 12.7. The molecular weight excluding hydrogens is 400 g/mol. The first-order valence-corrected chi connectivity index (χ1v) is 11.1. The second-order valence-corrected chi connectivity index (χ2v) is 7.98. The summed E-state index contributed by atoms with van der Waals surface area (Å²) in [5.74, 6) is 1.66. The van der Waals surface area contributed by atoms with Gasteiger partial charge in [0.2, 0.25) is 5.91 Å². The summed E-state index contributed by atoms with van der Waals surface area (Å²) in [6.45, 7) is 8.32. The molecule has 1 aliphatic heterocycles. The summed E-state index contributed by atoms with van der Waals surface area (Å²) >= 11 is 5.96. The number of benzene rings is 2. The number of carbonyl (C=O) groups excluding carboxylic acids is 1. The molecule has 0 bridgehead atoms. The van der Waals surface area contributed by atoms with E-state index in [4.69, 9.17) is 21.1 Å². The van der Waals surface area contributed by atoms with Crippen molar-refractivity contribution in [3.63, 3.8) is 0 Å². The minimum Gasteiger partial charge on any atom is -0.490 e. The summed E-state index contributed by atoms with van der Waals surface area (Å²) in [5.41, 5.74) is 2.26. The van der Waals surface area contributed by atoms with Crippen LogP contribution in [-0.2, 0) is 17.9 Å². The van der Waals surface area contributed by atoms with E-state index in [0.717, 1.165) is 54.6 Å². The van der Waals surface area contributed by atoms with Gasteiger partial charge in [0.15, 0.2) is 11.5 Å². The van der Waals surface area contributed by atoms with Crippen LogP contribution in [0.5, 0.6) is 11.5 Å². The molecule has 0 aromatic heterocycles. The van der Waals surface area contributed by atoms with Gasteiger partial charge in [0.05, 0.1) is 13.2 Å². The third-order valence-electron chi connectivity index (χ3n) is 5.35. The third kappa shape index (κ3) is 6.38. The highest BCUT2D eigenvalue weighted by Crippen LogP contribution is 2.28. The van der Waals surface area contributed by atoms with Gasteiger partial charge in [0.25, 0.3) is 0 Å². The highest BCUT2D eigenvalue weighted by Gasteiger charge is 2.24. The number of nitrogens with zero attached hydrogens (tertiary/aromatic N) is 1. The minimum absolute atomic E-state index is 0.0699. The first kappa shape index (κ1) is 22.4. The Bertz CT molecular complexity index is 818. The monoisotopic (exact) mass is 430 g/mol. The van der Waals surface area contributed by atoms with E-state index in [2.05, 4.69) is 22.3 Å². The summed E-state index contributed by atoms with van der Waals surface area (Å²) in [7, 11) is 0. The van der Waals surface area contributed by atoms with Crippen molar-refractivity contribution in [2.75, 3.05) is 26.3 Å². The smallest absolute Gasteiger partial charge is 0.223 e. The van der Waals surface area contributed by atoms with Crippen molar-refractivity contribution in [3.8, 4) is 11.5 Å². The summed E-state index contributed by atoms with van der Waals surface area (Å²) in [6, 6.07) is 13.8. The maximum absolute atomic E-state index is 12.7. The van der Waals surface area contributed by atoms with Crippen molar-refractivity contribution >= 4 is 17.5 Å². The van der Waals surface area contributed by atoms with E-state index >= 15 is 0 Å². The van der Waals surface area contributed by atoms with Crippen molar-refractivity contribution in [1.82, 2.24) is 10.2 Å². The third-order valence-corrected chi connectivity index (χ3v) is 5.60. The number of nitrogens with one attached hydrogen (secondary N) is 1. The summed E-state index contributed by atoms with van der Waals surface area (Å²) < 4.78 is 11.3. The first-order chi connectivity index (χ1) is 14.6. The Kier molecular flexibility index (Phi) is 8.40. The van der Waals surface area contributed by atoms with E-state index in [1.165, 1.54) is 5.56 Å². The molecule has 2 aromatic rings. The van der Waals surface area contributed by atoms with Crippen LogP contribution in [0.1, 0.15) is 37.8 Å². The Morgan fingerprint density at radius 1 is 1.00 bits per heavy atom. The van der Waals surface area contributed by atoms with Crippen LogP contribution in [0.2, 0.25) is 5.02 Å². The SMILES string of the molecule is CCOc1ccc(CNC(=O)C2CCN(Cc3ccc(Cl)cc3)CC2)cc1OCC. The Labute approximate surface area is 184 Å². The fourth-order valence-electron chi connectivity index (χ4n) is 3.74. The molecule has 30 heavy (non-hydrogen) atoms. The molecule has 6 heteroatoms. The van der Waals surface area contributed by atoms with Gasteiger partial charge in [-0.1, -0.05) is 29.8 Å². The van der Waals surface area contributed by atoms with Crippen LogP contribution >= 0.6 is 11.6 Å². The minimum atomic E-state index is 0.0699. The average Bonchev–Trinajstić information content (AvgIpc) is 2.76. The maximum Gasteiger partial charge on any atom is 0.223 e. The number of amides is 1. The number of rotatable bonds is 9. The van der Waals surface area contributed by atoms with Crippen LogP contribution in [-0.4, -0.2) is 37.1 Å². The number of piperidine rings is 1. The van der Waals surface area contributed by atoms with Gasteiger partial charge in [-0.05, 0) is 75.2 Å². The Morgan fingerprint density at radius 3 is 2.30 bits per heavy atom. The van der Waals surface area contributed by atoms with Gasteiger partial charge in [-0.3, -0.25) is 9.69 Å². The molecule has 162 valence electrons. The Morgan fingerprint density at radius 2 is 1.63 bits per heavy atom. The molecule has 1 amide bonds. The predicted molar refractivity (Wildman–Crippen MR) is 120 cm³/mol. The lowest BCUT2D eigenvalue weighted by Gasteiger charge is -2.31. The molecule has 0 aliphatic carbocycles. The molecule has 1 fully saturated rings. The van der Waals surface area contributed by atoms with Gasteiger partial charge >= 0.3 is 0 Å². The molecule has 1 saturated heterocycles. The number of likely N-dealkylation sites (tertiary alicyclic amines) is 1. The molecule has 0 atom stereocenters. The number of carbonyl (C=O) groups is 1. The lowest BCUT2D eigenvalue weighted by molar-refractivity contribution is -0.126. The summed E-state index contributed by atoms with van der Waals surface area (Å²) in [4.78, 5) is 15.1. The zero-order valence-corrected chi connectivity index (χ0v) is 18.6. The number of hydrogen-bond acceptors (Lipinski definition) is 4. The van der Waals surface area contributed by atoms with Gasteiger partial charge in [-0.25, -0.2) is 0 Å². The van der Waals surface area contributed by atoms with Gasteiger partial charge in [0.1, 0.15) is 0 Å². The average molecular weight is 431 g/mol. The molecule has 1 heterocycles. The van der Waals surface area contributed by atoms with E-state index < -0.39 is 0 Å². The number of hydrogen-bond donors (Lipinski definition) is 1. The largest absolute Gasteiger partial charge is 0.490 e. The molecule has 0 saturated carbocycles. The van der Waals surface area contributed by atoms with E-state index in [1.54, 1.807) is 0 Å². The normalized spacial score (nSPS) is 15.0. The Hall–Kier alpha value is -2.24. The fraction of sp³-hybridized carbons (Fsp3) is 0.458. The van der Waals surface area contributed by atoms with Crippen LogP contribution in [0.15, 0.2) is 42.5 Å². The number of ether oxygens (including phenoxy) is 2. The molecule has 0 unspecified atom stereocenters. The molecule has 1 aliphatic rings. The standard InChI is InChI=1S/C24H31ClN2O3/c1-3-29-22-10-7-19(15-23(22)30-4-2)16-26-24(28)20-11-13-27(14-12-20)17-18-5-8-21(25)9-6-18/h5-10,15,20H,3-4,11-14,16-17H2,1-2H3,(H,26,28). The molecule has 2 aromatic carbocycles. The van der Waals surface area contributed by atoms with Gasteiger partial charge in [-0.2, -0.15) is 0 Å². The van der Waals surface area contributed by atoms with E-state index in [9.17, 15) is 4.79 Å². The van der Waals surface area contributed by atoms with Gasteiger partial charge in [0, 0.05) is 24.0 Å². The zero-order chi connectivity index (χ0) is 21.3. The van der Waals surface area contributed by atoms with E-state index in [-0.39, 0.29) is 11.8 Å². The predicted octanol–water partition coefficient (Wildman–Crippen LogP) is 4.67. The molecular formula is C24H31ClN2O3. The van der Waals surface area contributed by atoms with E-state index in [1.807, 2.05) is 44.2 Å². The van der Waals surface area contributed by atoms with Crippen LogP contribution in [0.4, 0.5) is 0 Å². The van der Waals surface area contributed by atoms with Crippen LogP contribution in [0.25, 0.3) is 0 Å². The molecule has 3 rings (SSSR count). The lowest BCUT2D eigenvalue weighted by Crippen LogP contribution is -2.40. The van der Waals surface area contributed by atoms with Crippen LogP contribution in [0.3, 0.4) is 0 Å². The van der Waals surface area contributed by atoms with Crippen molar-refractivity contribution in [1.29, 1.82) is 0 Å². The van der Waals surface area contributed by atoms with Crippen LogP contribution in [0, 0.1) is 5.92 Å². The topological polar surface area (TPSA) is 50.8 Å². The molecule has 5 nitrogen and oxygen atoms in total. The Balaban J connectivity index is 1.46. The summed E-state index contributed by atoms with van der Waals surface area (Å²) in [6.07, 6.45) is 1.76. The summed E-state index contributed by atoms with van der Waals surface area (Å²) in [5, 5.41) is 3.85. The van der Waals surface area contributed by atoms with Crippen molar-refractivity contribution in [2.24, 2.45) is 5.92 Å². The second-order valence-electron chi connectivity index (χ2n) is 7.54. The van der Waals surface area contributed by atoms with Crippen molar-refractivity contribution < 1.29 is 14.3 Å². The molecule has 0 radical (unpaired) electrons. The lowest BCUT2D eigenvalue weighted by atomic mass is 9.95. The molecule has 0 spiro atoms. The highest BCUT2D eigenvalue weighted by molar-refractivity contribution is 6.30. The fourth-order valence-corrected chi connectivity index (χ4v) is 3.87. The highest BCUT2D eigenvalue weighted by atomic mass is 35.5. The van der Waals surface area contributed by atoms with Crippen molar-refractivity contribution in [3.05, 3.63) is 58.6 Å². The zero-order valence-electron chi connectivity index (χ0n) is 17.8. The van der Waals surface area contributed by atoms with Crippen molar-refractivity contribution in [2.45, 2.75) is 39.8 Å². The second kappa shape index (κ2) is 11.2. The quantitative estimate of drug-likeness (QED) is 0.628. The van der Waals surface area contributed by atoms with Gasteiger partial charge in [-0.15, -0.1) is 0 Å².